The van der Waals surface area contributed by atoms with Crippen molar-refractivity contribution in [3.05, 3.63) is 24.0 Å². The number of methoxy groups -OCH3 is 1. The fraction of sp³-hybridized carbons (Fsp3) is 0.625. The lowest BCUT2D eigenvalue weighted by atomic mass is 10.0. The smallest absolute Gasteiger partial charge is 0.323 e. The van der Waals surface area contributed by atoms with Gasteiger partial charge in [0.05, 0.1) is 7.11 Å². The Kier molecular flexibility index (Phi) is 7.80. The number of hydrogen-bond acceptors (Lipinski definition) is 8. The molecule has 0 unspecified atom stereocenters. The molecule has 33 heavy (non-hydrogen) atoms. The summed E-state index contributed by atoms with van der Waals surface area (Å²) < 4.78 is 25.5. The number of hydrogen-bond donors (Lipinski definition) is 1. The van der Waals surface area contributed by atoms with Crippen molar-refractivity contribution in [1.82, 2.24) is 19.9 Å². The first-order valence-electron chi connectivity index (χ1n) is 12.0. The van der Waals surface area contributed by atoms with Gasteiger partial charge in [-0.15, -0.1) is 0 Å². The molecule has 1 aliphatic carbocycles. The van der Waals surface area contributed by atoms with Crippen LogP contribution >= 0.6 is 0 Å². The Bertz CT molecular complexity index is 914. The van der Waals surface area contributed by atoms with Crippen LogP contribution in [-0.4, -0.2) is 66.3 Å². The lowest BCUT2D eigenvalue weighted by molar-refractivity contribution is 0.168. The topological polar surface area (TPSA) is 75.6 Å². The van der Waals surface area contributed by atoms with Gasteiger partial charge in [0.1, 0.15) is 6.10 Å². The fourth-order valence-corrected chi connectivity index (χ4v) is 4.54. The molecule has 2 aromatic rings. The molecule has 1 aliphatic heterocycles. The van der Waals surface area contributed by atoms with Gasteiger partial charge in [0.25, 0.3) is 0 Å². The monoisotopic (exact) mass is 458 g/mol. The van der Waals surface area contributed by atoms with Crippen molar-refractivity contribution in [2.45, 2.75) is 63.5 Å². The molecule has 0 spiro atoms. The highest BCUT2D eigenvalue weighted by Gasteiger charge is 2.24. The zero-order valence-electron chi connectivity index (χ0n) is 19.9. The van der Waals surface area contributed by atoms with Crippen LogP contribution in [-0.2, 0) is 0 Å². The van der Waals surface area contributed by atoms with Crippen LogP contribution in [0.15, 0.2) is 18.2 Å². The van der Waals surface area contributed by atoms with Crippen molar-refractivity contribution < 1.29 is 13.9 Å². The van der Waals surface area contributed by atoms with Gasteiger partial charge < -0.3 is 24.6 Å². The van der Waals surface area contributed by atoms with Crippen LogP contribution < -0.4 is 19.7 Å². The van der Waals surface area contributed by atoms with Crippen LogP contribution in [0.25, 0.3) is 0 Å². The van der Waals surface area contributed by atoms with Gasteiger partial charge in [0, 0.05) is 24.8 Å². The van der Waals surface area contributed by atoms with Crippen LogP contribution in [0.4, 0.5) is 22.0 Å². The number of halogens is 1. The normalized spacial score (nSPS) is 18.5. The molecule has 1 N–H and O–H groups in total. The molecule has 2 fully saturated rings. The number of nitrogens with zero attached hydrogens (tertiary/aromatic N) is 5. The molecular formula is C24H35FN6O2. The molecule has 1 aromatic carbocycles. The molecule has 1 aromatic heterocycles. The lowest BCUT2D eigenvalue weighted by Crippen LogP contribution is -2.42. The molecule has 0 amide bonds. The van der Waals surface area contributed by atoms with E-state index in [1.165, 1.54) is 26.0 Å². The number of rotatable bonds is 7. The Morgan fingerprint density at radius 3 is 2.42 bits per heavy atom. The number of benzene rings is 1. The van der Waals surface area contributed by atoms with Gasteiger partial charge in [-0.1, -0.05) is 12.8 Å². The summed E-state index contributed by atoms with van der Waals surface area (Å²) >= 11 is 0. The highest BCUT2D eigenvalue weighted by atomic mass is 19.1. The Hall–Kier alpha value is -2.68. The van der Waals surface area contributed by atoms with E-state index >= 15 is 0 Å². The molecule has 2 heterocycles. The SMILES string of the molecule is COc1ccc(Nc2nc(OC3CCCCCC3)nc(N(C)C3CCN(C)CC3)n2)cc1F. The highest BCUT2D eigenvalue weighted by Crippen LogP contribution is 2.27. The van der Waals surface area contributed by atoms with Crippen LogP contribution in [0.3, 0.4) is 0 Å². The predicted octanol–water partition coefficient (Wildman–Crippen LogP) is 4.39. The van der Waals surface area contributed by atoms with Crippen LogP contribution in [0, 0.1) is 5.82 Å². The molecule has 2 aliphatic rings. The summed E-state index contributed by atoms with van der Waals surface area (Å²) in [6.07, 6.45) is 9.05. The molecule has 1 saturated carbocycles. The third-order valence-electron chi connectivity index (χ3n) is 6.64. The van der Waals surface area contributed by atoms with Crippen molar-refractivity contribution in [1.29, 1.82) is 0 Å². The maximum Gasteiger partial charge on any atom is 0.323 e. The van der Waals surface area contributed by atoms with E-state index in [0.29, 0.717) is 29.6 Å². The van der Waals surface area contributed by atoms with Crippen LogP contribution in [0.2, 0.25) is 0 Å². The molecular weight excluding hydrogens is 423 g/mol. The Morgan fingerprint density at radius 2 is 1.76 bits per heavy atom. The predicted molar refractivity (Wildman–Crippen MR) is 127 cm³/mol. The van der Waals surface area contributed by atoms with Crippen LogP contribution in [0.5, 0.6) is 11.8 Å². The highest BCUT2D eigenvalue weighted by molar-refractivity contribution is 5.56. The standard InChI is InChI=1S/C24H35FN6O2/c1-30-14-12-18(13-15-30)31(2)23-27-22(26-17-10-11-21(32-3)20(25)16-17)28-24(29-23)33-19-8-6-4-5-7-9-19/h10-11,16,18-19H,4-9,12-15H2,1-3H3,(H,26,27,28,29). The maximum absolute atomic E-state index is 14.2. The summed E-state index contributed by atoms with van der Waals surface area (Å²) in [6.45, 7) is 2.09. The van der Waals surface area contributed by atoms with Crippen molar-refractivity contribution in [2.24, 2.45) is 0 Å². The van der Waals surface area contributed by atoms with Crippen LogP contribution in [0.1, 0.15) is 51.4 Å². The van der Waals surface area contributed by atoms with Crippen molar-refractivity contribution >= 4 is 17.6 Å². The molecule has 180 valence electrons. The number of aromatic nitrogens is 3. The number of ether oxygens (including phenoxy) is 2. The second-order valence-corrected chi connectivity index (χ2v) is 9.09. The quantitative estimate of drug-likeness (QED) is 0.612. The summed E-state index contributed by atoms with van der Waals surface area (Å²) in [6, 6.07) is 5.35. The van der Waals surface area contributed by atoms with Gasteiger partial charge in [-0.3, -0.25) is 0 Å². The third kappa shape index (κ3) is 6.22. The number of likely N-dealkylation sites (tertiary alicyclic amines) is 1. The van der Waals surface area contributed by atoms with Gasteiger partial charge in [0.15, 0.2) is 11.6 Å². The molecule has 0 bridgehead atoms. The minimum Gasteiger partial charge on any atom is -0.494 e. The molecule has 1 saturated heterocycles. The third-order valence-corrected chi connectivity index (χ3v) is 6.64. The minimum atomic E-state index is -0.449. The minimum absolute atomic E-state index is 0.114. The van der Waals surface area contributed by atoms with E-state index in [1.54, 1.807) is 12.1 Å². The first kappa shape index (κ1) is 23.5. The van der Waals surface area contributed by atoms with Crippen molar-refractivity contribution in [3.8, 4) is 11.8 Å². The largest absolute Gasteiger partial charge is 0.494 e. The molecule has 0 radical (unpaired) electrons. The summed E-state index contributed by atoms with van der Waals surface area (Å²) in [4.78, 5) is 18.3. The zero-order chi connectivity index (χ0) is 23.2. The molecule has 9 heteroatoms. The average Bonchev–Trinajstić information content (AvgIpc) is 3.08. The second kappa shape index (κ2) is 11.0. The Labute approximate surface area is 195 Å². The molecule has 8 nitrogen and oxygen atoms in total. The average molecular weight is 459 g/mol. The van der Waals surface area contributed by atoms with E-state index in [9.17, 15) is 4.39 Å². The summed E-state index contributed by atoms with van der Waals surface area (Å²) in [5.41, 5.74) is 0.535. The Balaban J connectivity index is 1.58. The number of nitrogens with one attached hydrogen (secondary N) is 1. The summed E-state index contributed by atoms with van der Waals surface area (Å²) in [5.74, 6) is 0.652. The summed E-state index contributed by atoms with van der Waals surface area (Å²) in [7, 11) is 5.62. The Morgan fingerprint density at radius 1 is 1.03 bits per heavy atom. The lowest BCUT2D eigenvalue weighted by Gasteiger charge is -2.35. The maximum atomic E-state index is 14.2. The van der Waals surface area contributed by atoms with E-state index in [-0.39, 0.29) is 11.9 Å². The molecule has 0 atom stereocenters. The van der Waals surface area contributed by atoms with Gasteiger partial charge in [-0.25, -0.2) is 4.39 Å². The first-order chi connectivity index (χ1) is 16.0. The zero-order valence-corrected chi connectivity index (χ0v) is 19.9. The first-order valence-corrected chi connectivity index (χ1v) is 12.0. The van der Waals surface area contributed by atoms with Crippen molar-refractivity contribution in [3.63, 3.8) is 0 Å². The number of piperidine rings is 1. The summed E-state index contributed by atoms with van der Waals surface area (Å²) in [5, 5.41) is 3.12. The van der Waals surface area contributed by atoms with Gasteiger partial charge in [0.2, 0.25) is 11.9 Å². The fourth-order valence-electron chi connectivity index (χ4n) is 4.54. The van der Waals surface area contributed by atoms with Crippen molar-refractivity contribution in [2.75, 3.05) is 44.5 Å². The molecule has 4 rings (SSSR count). The van der Waals surface area contributed by atoms with E-state index < -0.39 is 5.82 Å². The van der Waals surface area contributed by atoms with E-state index in [4.69, 9.17) is 9.47 Å². The van der Waals surface area contributed by atoms with Gasteiger partial charge in [-0.05, 0) is 70.8 Å². The second-order valence-electron chi connectivity index (χ2n) is 9.09. The van der Waals surface area contributed by atoms with Gasteiger partial charge >= 0.3 is 6.01 Å². The number of anilines is 3. The van der Waals surface area contributed by atoms with E-state index in [0.717, 1.165) is 51.6 Å². The van der Waals surface area contributed by atoms with Gasteiger partial charge in [-0.2, -0.15) is 15.0 Å². The van der Waals surface area contributed by atoms with E-state index in [2.05, 4.69) is 37.1 Å². The van der Waals surface area contributed by atoms with E-state index in [1.807, 2.05) is 7.05 Å².